The zero-order valence-corrected chi connectivity index (χ0v) is 8.77. The molecule has 1 unspecified atom stereocenters. The van der Waals surface area contributed by atoms with Gasteiger partial charge in [0, 0.05) is 5.57 Å². The highest BCUT2D eigenvalue weighted by Gasteiger charge is 2.21. The maximum absolute atomic E-state index is 11.5. The van der Waals surface area contributed by atoms with E-state index in [-0.39, 0.29) is 12.1 Å². The first-order valence-corrected chi connectivity index (χ1v) is 5.22. The normalized spacial score (nSPS) is 23.9. The minimum absolute atomic E-state index is 0.0606. The second-order valence-electron chi connectivity index (χ2n) is 3.83. The molecular formula is C13H14O2. The highest BCUT2D eigenvalue weighted by molar-refractivity contribution is 5.94. The number of ether oxygens (including phenoxy) is 1. The smallest absolute Gasteiger partial charge is 0.334 e. The lowest BCUT2D eigenvalue weighted by Gasteiger charge is -2.20. The molecule has 0 radical (unpaired) electrons. The van der Waals surface area contributed by atoms with Gasteiger partial charge in [0.1, 0.15) is 0 Å². The second kappa shape index (κ2) is 4.30. The Labute approximate surface area is 89.6 Å². The molecule has 1 aliphatic heterocycles. The van der Waals surface area contributed by atoms with Crippen LogP contribution in [0.15, 0.2) is 35.9 Å². The Morgan fingerprint density at radius 3 is 2.73 bits per heavy atom. The third kappa shape index (κ3) is 2.46. The molecule has 1 aliphatic rings. The molecule has 1 heterocycles. The molecule has 78 valence electrons. The average molecular weight is 202 g/mol. The van der Waals surface area contributed by atoms with E-state index < -0.39 is 0 Å². The number of hydrogen-bond acceptors (Lipinski definition) is 2. The Morgan fingerprint density at radius 1 is 1.33 bits per heavy atom. The van der Waals surface area contributed by atoms with E-state index in [2.05, 4.69) is 0 Å². The van der Waals surface area contributed by atoms with Crippen LogP contribution in [0.5, 0.6) is 0 Å². The lowest BCUT2D eigenvalue weighted by molar-refractivity contribution is -0.146. The van der Waals surface area contributed by atoms with Gasteiger partial charge in [0.15, 0.2) is 0 Å². The van der Waals surface area contributed by atoms with Crippen molar-refractivity contribution >= 4 is 12.0 Å². The molecule has 1 aromatic carbocycles. The van der Waals surface area contributed by atoms with Crippen LogP contribution in [0.25, 0.3) is 6.08 Å². The summed E-state index contributed by atoms with van der Waals surface area (Å²) in [5, 5.41) is 0. The van der Waals surface area contributed by atoms with E-state index in [0.717, 1.165) is 24.0 Å². The molecule has 0 amide bonds. The summed E-state index contributed by atoms with van der Waals surface area (Å²) in [5.74, 6) is -0.169. The molecular weight excluding hydrogens is 188 g/mol. The minimum Gasteiger partial charge on any atom is -0.459 e. The molecule has 0 bridgehead atoms. The highest BCUT2D eigenvalue weighted by Crippen LogP contribution is 2.21. The third-order valence-electron chi connectivity index (χ3n) is 2.53. The summed E-state index contributed by atoms with van der Waals surface area (Å²) in [7, 11) is 0. The topological polar surface area (TPSA) is 26.3 Å². The lowest BCUT2D eigenvalue weighted by atomic mass is 10.0. The van der Waals surface area contributed by atoms with Gasteiger partial charge in [-0.2, -0.15) is 0 Å². The summed E-state index contributed by atoms with van der Waals surface area (Å²) < 4.78 is 5.16. The van der Waals surface area contributed by atoms with Crippen LogP contribution in [0.1, 0.15) is 25.3 Å². The minimum atomic E-state index is -0.169. The number of carbonyl (C=O) groups excluding carboxylic acids is 1. The first-order valence-electron chi connectivity index (χ1n) is 5.22. The van der Waals surface area contributed by atoms with E-state index >= 15 is 0 Å². The molecule has 0 aliphatic carbocycles. The lowest BCUT2D eigenvalue weighted by Crippen LogP contribution is -2.22. The van der Waals surface area contributed by atoms with Gasteiger partial charge in [-0.25, -0.2) is 4.79 Å². The van der Waals surface area contributed by atoms with E-state index in [1.807, 2.05) is 43.3 Å². The van der Waals surface area contributed by atoms with Crippen molar-refractivity contribution in [3.63, 3.8) is 0 Å². The summed E-state index contributed by atoms with van der Waals surface area (Å²) in [5.41, 5.74) is 1.83. The van der Waals surface area contributed by atoms with Crippen LogP contribution in [0.3, 0.4) is 0 Å². The van der Waals surface area contributed by atoms with Crippen LogP contribution in [0, 0.1) is 0 Å². The van der Waals surface area contributed by atoms with Crippen molar-refractivity contribution in [1.82, 2.24) is 0 Å². The quantitative estimate of drug-likeness (QED) is 0.517. The molecule has 2 heteroatoms. The first-order chi connectivity index (χ1) is 7.25. The van der Waals surface area contributed by atoms with Crippen molar-refractivity contribution < 1.29 is 9.53 Å². The van der Waals surface area contributed by atoms with Crippen LogP contribution in [0.2, 0.25) is 0 Å². The summed E-state index contributed by atoms with van der Waals surface area (Å²) in [4.78, 5) is 11.5. The molecule has 2 nitrogen and oxygen atoms in total. The van der Waals surface area contributed by atoms with Crippen molar-refractivity contribution in [2.45, 2.75) is 25.9 Å². The third-order valence-corrected chi connectivity index (χ3v) is 2.53. The van der Waals surface area contributed by atoms with Crippen molar-refractivity contribution in [2.24, 2.45) is 0 Å². The van der Waals surface area contributed by atoms with E-state index in [1.54, 1.807) is 0 Å². The fraction of sp³-hybridized carbons (Fsp3) is 0.308. The van der Waals surface area contributed by atoms with Gasteiger partial charge in [-0.1, -0.05) is 30.3 Å². The van der Waals surface area contributed by atoms with E-state index in [0.29, 0.717) is 0 Å². The SMILES string of the molecule is CC1CCC(=Cc2ccccc2)C(=O)O1. The van der Waals surface area contributed by atoms with Gasteiger partial charge in [0.25, 0.3) is 0 Å². The van der Waals surface area contributed by atoms with Gasteiger partial charge >= 0.3 is 5.97 Å². The molecule has 2 rings (SSSR count). The molecule has 1 fully saturated rings. The van der Waals surface area contributed by atoms with Crippen molar-refractivity contribution in [3.8, 4) is 0 Å². The van der Waals surface area contributed by atoms with Crippen molar-refractivity contribution in [2.75, 3.05) is 0 Å². The number of esters is 1. The summed E-state index contributed by atoms with van der Waals surface area (Å²) in [6.45, 7) is 1.93. The van der Waals surface area contributed by atoms with Gasteiger partial charge in [-0.15, -0.1) is 0 Å². The molecule has 1 saturated heterocycles. The Bertz CT molecular complexity index is 379. The molecule has 1 aromatic rings. The zero-order valence-electron chi connectivity index (χ0n) is 8.77. The Morgan fingerprint density at radius 2 is 2.07 bits per heavy atom. The van der Waals surface area contributed by atoms with Crippen LogP contribution in [-0.4, -0.2) is 12.1 Å². The number of benzene rings is 1. The van der Waals surface area contributed by atoms with Gasteiger partial charge in [-0.3, -0.25) is 0 Å². The molecule has 1 atom stereocenters. The summed E-state index contributed by atoms with van der Waals surface area (Å²) >= 11 is 0. The predicted octanol–water partition coefficient (Wildman–Crippen LogP) is 2.80. The van der Waals surface area contributed by atoms with Crippen molar-refractivity contribution in [3.05, 3.63) is 41.5 Å². The molecule has 0 saturated carbocycles. The Balaban J connectivity index is 2.17. The summed E-state index contributed by atoms with van der Waals surface area (Å²) in [6.07, 6.45) is 3.71. The standard InChI is InChI=1S/C13H14O2/c1-10-7-8-12(13(14)15-10)9-11-5-3-2-4-6-11/h2-6,9-10H,7-8H2,1H3. The van der Waals surface area contributed by atoms with Crippen molar-refractivity contribution in [1.29, 1.82) is 0 Å². The van der Waals surface area contributed by atoms with Gasteiger partial charge < -0.3 is 4.74 Å². The first kappa shape index (κ1) is 9.97. The van der Waals surface area contributed by atoms with E-state index in [1.165, 1.54) is 0 Å². The fourth-order valence-electron chi connectivity index (χ4n) is 1.66. The second-order valence-corrected chi connectivity index (χ2v) is 3.83. The number of cyclic esters (lactones) is 1. The highest BCUT2D eigenvalue weighted by atomic mass is 16.5. The monoisotopic (exact) mass is 202 g/mol. The molecule has 0 spiro atoms. The van der Waals surface area contributed by atoms with Gasteiger partial charge in [0.05, 0.1) is 6.10 Å². The number of hydrogen-bond donors (Lipinski definition) is 0. The summed E-state index contributed by atoms with van der Waals surface area (Å²) in [6, 6.07) is 9.85. The van der Waals surface area contributed by atoms with Gasteiger partial charge in [-0.05, 0) is 31.4 Å². The fourth-order valence-corrected chi connectivity index (χ4v) is 1.66. The maximum atomic E-state index is 11.5. The largest absolute Gasteiger partial charge is 0.459 e. The van der Waals surface area contributed by atoms with Gasteiger partial charge in [0.2, 0.25) is 0 Å². The van der Waals surface area contributed by atoms with Crippen LogP contribution >= 0.6 is 0 Å². The average Bonchev–Trinajstić information content (AvgIpc) is 2.24. The van der Waals surface area contributed by atoms with Crippen LogP contribution in [-0.2, 0) is 9.53 Å². The zero-order chi connectivity index (χ0) is 10.7. The van der Waals surface area contributed by atoms with E-state index in [4.69, 9.17) is 4.74 Å². The molecule has 15 heavy (non-hydrogen) atoms. The Hall–Kier alpha value is -1.57. The van der Waals surface area contributed by atoms with E-state index in [9.17, 15) is 4.79 Å². The van der Waals surface area contributed by atoms with Crippen LogP contribution in [0.4, 0.5) is 0 Å². The Kier molecular flexibility index (Phi) is 2.86. The molecule has 0 aromatic heterocycles. The maximum Gasteiger partial charge on any atom is 0.334 e. The van der Waals surface area contributed by atoms with Crippen LogP contribution < -0.4 is 0 Å². The predicted molar refractivity (Wildman–Crippen MR) is 59.2 cm³/mol. The molecule has 0 N–H and O–H groups in total. The number of carbonyl (C=O) groups is 1. The number of rotatable bonds is 1.